The zero-order chi connectivity index (χ0) is 27.5. The molecule has 0 aromatic heterocycles. The van der Waals surface area contributed by atoms with E-state index >= 15 is 0 Å². The van der Waals surface area contributed by atoms with E-state index < -0.39 is 0 Å². The summed E-state index contributed by atoms with van der Waals surface area (Å²) in [4.78, 5) is 11.6. The quantitative estimate of drug-likeness (QED) is 0.291. The molecule has 1 heterocycles. The van der Waals surface area contributed by atoms with Crippen LogP contribution in [-0.4, -0.2) is 17.8 Å². The number of allylic oxidation sites excluding steroid dienone is 1. The Kier molecular flexibility index (Phi) is 6.44. The predicted molar refractivity (Wildman–Crippen MR) is 161 cm³/mol. The van der Waals surface area contributed by atoms with E-state index in [9.17, 15) is 4.79 Å². The Hall–Kier alpha value is -2.88. The van der Waals surface area contributed by atoms with Crippen LogP contribution in [0.3, 0.4) is 0 Å². The summed E-state index contributed by atoms with van der Waals surface area (Å²) in [6.45, 7) is 6.71. The molecular weight excluding hydrogens is 492 g/mol. The highest BCUT2D eigenvalue weighted by Gasteiger charge is 2.60. The molecule has 5 aliphatic rings. The number of hydrogen-bond donors (Lipinski definition) is 0. The monoisotopic (exact) mass is 536 g/mol. The summed E-state index contributed by atoms with van der Waals surface area (Å²) in [5.74, 6) is 2.71. The summed E-state index contributed by atoms with van der Waals surface area (Å²) in [6.07, 6.45) is 13.2. The molecule has 4 aliphatic carbocycles. The molecule has 4 heteroatoms. The van der Waals surface area contributed by atoms with Crippen molar-refractivity contribution in [1.82, 2.24) is 0 Å². The molecule has 3 fully saturated rings. The maximum atomic E-state index is 11.6. The van der Waals surface area contributed by atoms with Crippen molar-refractivity contribution in [3.63, 3.8) is 0 Å². The molecule has 0 bridgehead atoms. The molecule has 0 radical (unpaired) electrons. The number of esters is 1. The van der Waals surface area contributed by atoms with Gasteiger partial charge in [0.2, 0.25) is 0 Å². The van der Waals surface area contributed by atoms with E-state index in [2.05, 4.69) is 85.6 Å². The standard InChI is InChI=1S/C36H44N2O2/c1-24(39)40-28-18-20-35(2)26(22-28)14-15-29-30-16-17-32(36(30,3)21-19-31(29)35)33-23-34(25-10-6-4-7-11-25)38(37-33)27-12-8-5-9-13-27/h4-14,28-32,34H,15-23H2,1-3H3/t28-,29?,30?,31?,32+,34?,35-,36-/m0/s1. The minimum atomic E-state index is -0.136. The molecule has 8 atom stereocenters. The number of anilines is 1. The molecule has 4 nitrogen and oxygen atoms in total. The van der Waals surface area contributed by atoms with Crippen LogP contribution < -0.4 is 5.01 Å². The van der Waals surface area contributed by atoms with Gasteiger partial charge in [-0.25, -0.2) is 0 Å². The number of carbonyl (C=O) groups excluding carboxylic acids is 1. The lowest BCUT2D eigenvalue weighted by Gasteiger charge is -2.58. The van der Waals surface area contributed by atoms with Gasteiger partial charge in [0.05, 0.1) is 11.7 Å². The Morgan fingerprint density at radius 3 is 2.40 bits per heavy atom. The Morgan fingerprint density at radius 1 is 0.900 bits per heavy atom. The molecule has 0 amide bonds. The molecule has 1 aliphatic heterocycles. The second kappa shape index (κ2) is 9.89. The van der Waals surface area contributed by atoms with E-state index in [1.165, 1.54) is 49.1 Å². The summed E-state index contributed by atoms with van der Waals surface area (Å²) in [7, 11) is 0. The van der Waals surface area contributed by atoms with Crippen molar-refractivity contribution in [3.05, 3.63) is 77.9 Å². The summed E-state index contributed by atoms with van der Waals surface area (Å²) in [5.41, 5.74) is 6.15. The number of hydrogen-bond acceptors (Lipinski definition) is 4. The van der Waals surface area contributed by atoms with Crippen LogP contribution in [0.25, 0.3) is 0 Å². The lowest BCUT2D eigenvalue weighted by Crippen LogP contribution is -2.51. The van der Waals surface area contributed by atoms with Crippen molar-refractivity contribution in [2.75, 3.05) is 5.01 Å². The molecule has 3 saturated carbocycles. The first-order valence-corrected chi connectivity index (χ1v) is 15.7. The van der Waals surface area contributed by atoms with Crippen molar-refractivity contribution in [3.8, 4) is 0 Å². The van der Waals surface area contributed by atoms with Gasteiger partial charge in [0, 0.05) is 31.4 Å². The molecule has 0 spiro atoms. The summed E-state index contributed by atoms with van der Waals surface area (Å²) in [5, 5.41) is 7.76. The van der Waals surface area contributed by atoms with Crippen LogP contribution in [0, 0.1) is 34.5 Å². The Balaban J connectivity index is 1.15. The van der Waals surface area contributed by atoms with Crippen LogP contribution in [0.15, 0.2) is 77.4 Å². The second-order valence-electron chi connectivity index (χ2n) is 13.8. The SMILES string of the molecule is CC(=O)O[C@H]1CC[C@@]2(C)C(=CCC3C2CC[C@@]2(C)C3CC[C@@H]2C2=NN(c3ccccc3)C(c3ccccc3)C2)C1. The minimum absolute atomic E-state index is 0.0728. The number of benzene rings is 2. The number of rotatable bonds is 4. The van der Waals surface area contributed by atoms with Gasteiger partial charge in [-0.2, -0.15) is 5.10 Å². The first-order valence-electron chi connectivity index (χ1n) is 15.7. The summed E-state index contributed by atoms with van der Waals surface area (Å²) in [6, 6.07) is 22.0. The van der Waals surface area contributed by atoms with Crippen LogP contribution >= 0.6 is 0 Å². The van der Waals surface area contributed by atoms with Crippen molar-refractivity contribution < 1.29 is 9.53 Å². The first-order chi connectivity index (χ1) is 19.4. The maximum Gasteiger partial charge on any atom is 0.302 e. The van der Waals surface area contributed by atoms with Gasteiger partial charge in [-0.3, -0.25) is 9.80 Å². The fourth-order valence-electron chi connectivity index (χ4n) is 10.0. The lowest BCUT2D eigenvalue weighted by molar-refractivity contribution is -0.148. The van der Waals surface area contributed by atoms with Gasteiger partial charge >= 0.3 is 5.97 Å². The van der Waals surface area contributed by atoms with E-state index in [1.807, 2.05) is 0 Å². The van der Waals surface area contributed by atoms with Gasteiger partial charge in [-0.05, 0) is 91.2 Å². The van der Waals surface area contributed by atoms with Crippen LogP contribution in [0.2, 0.25) is 0 Å². The van der Waals surface area contributed by atoms with Crippen molar-refractivity contribution in [2.24, 2.45) is 39.6 Å². The van der Waals surface area contributed by atoms with Gasteiger partial charge < -0.3 is 4.74 Å². The molecule has 2 aromatic rings. The van der Waals surface area contributed by atoms with E-state index in [0.717, 1.165) is 43.4 Å². The van der Waals surface area contributed by atoms with E-state index in [-0.39, 0.29) is 23.5 Å². The molecule has 0 saturated heterocycles. The molecule has 210 valence electrons. The van der Waals surface area contributed by atoms with Crippen LogP contribution in [0.1, 0.15) is 90.2 Å². The smallest absolute Gasteiger partial charge is 0.302 e. The fourth-order valence-corrected chi connectivity index (χ4v) is 10.0. The zero-order valence-electron chi connectivity index (χ0n) is 24.4. The normalized spacial score (nSPS) is 38.5. The Bertz CT molecular complexity index is 1320. The van der Waals surface area contributed by atoms with Gasteiger partial charge in [0.15, 0.2) is 0 Å². The number of carbonyl (C=O) groups is 1. The zero-order valence-corrected chi connectivity index (χ0v) is 24.4. The lowest BCUT2D eigenvalue weighted by atomic mass is 9.47. The van der Waals surface area contributed by atoms with Gasteiger partial charge in [-0.1, -0.05) is 74.0 Å². The minimum Gasteiger partial charge on any atom is -0.462 e. The largest absolute Gasteiger partial charge is 0.462 e. The van der Waals surface area contributed by atoms with Crippen LogP contribution in [-0.2, 0) is 9.53 Å². The van der Waals surface area contributed by atoms with Crippen LogP contribution in [0.5, 0.6) is 0 Å². The topological polar surface area (TPSA) is 41.9 Å². The summed E-state index contributed by atoms with van der Waals surface area (Å²) < 4.78 is 5.66. The molecule has 2 aromatic carbocycles. The number of fused-ring (bicyclic) bond motifs is 5. The number of nitrogens with zero attached hydrogens (tertiary/aromatic N) is 2. The third kappa shape index (κ3) is 4.16. The van der Waals surface area contributed by atoms with Gasteiger partial charge in [0.25, 0.3) is 0 Å². The average molecular weight is 537 g/mol. The predicted octanol–water partition coefficient (Wildman–Crippen LogP) is 8.50. The molecule has 0 N–H and O–H groups in total. The summed E-state index contributed by atoms with van der Waals surface area (Å²) >= 11 is 0. The number of ether oxygens (including phenoxy) is 1. The highest BCUT2D eigenvalue weighted by atomic mass is 16.5. The third-order valence-electron chi connectivity index (χ3n) is 11.9. The third-order valence-corrected chi connectivity index (χ3v) is 11.9. The van der Waals surface area contributed by atoms with Crippen molar-refractivity contribution >= 4 is 17.4 Å². The van der Waals surface area contributed by atoms with Gasteiger partial charge in [0.1, 0.15) is 6.10 Å². The Labute approximate surface area is 239 Å². The molecule has 7 rings (SSSR count). The highest BCUT2D eigenvalue weighted by molar-refractivity contribution is 5.92. The molecular formula is C36H44N2O2. The van der Waals surface area contributed by atoms with E-state index in [4.69, 9.17) is 9.84 Å². The molecule has 4 unspecified atom stereocenters. The highest BCUT2D eigenvalue weighted by Crippen LogP contribution is 2.67. The van der Waals surface area contributed by atoms with Crippen molar-refractivity contribution in [2.45, 2.75) is 90.7 Å². The first kappa shape index (κ1) is 26.0. The fraction of sp³-hybridized carbons (Fsp3) is 0.556. The molecule has 40 heavy (non-hydrogen) atoms. The van der Waals surface area contributed by atoms with Gasteiger partial charge in [-0.15, -0.1) is 0 Å². The Morgan fingerprint density at radius 2 is 1.65 bits per heavy atom. The average Bonchev–Trinajstić information content (AvgIpc) is 3.55. The maximum absolute atomic E-state index is 11.6. The van der Waals surface area contributed by atoms with E-state index in [0.29, 0.717) is 11.3 Å². The van der Waals surface area contributed by atoms with E-state index in [1.54, 1.807) is 12.5 Å². The second-order valence-corrected chi connectivity index (χ2v) is 13.8. The number of para-hydroxylation sites is 1. The number of hydrazone groups is 1. The van der Waals surface area contributed by atoms with Crippen LogP contribution in [0.4, 0.5) is 5.69 Å². The van der Waals surface area contributed by atoms with Crippen molar-refractivity contribution in [1.29, 1.82) is 0 Å².